The predicted molar refractivity (Wildman–Crippen MR) is 68.4 cm³/mol. The molecule has 2 aliphatic heterocycles. The number of amidine groups is 1. The van der Waals surface area contributed by atoms with Crippen molar-refractivity contribution in [3.63, 3.8) is 0 Å². The zero-order chi connectivity index (χ0) is 12.5. The third kappa shape index (κ3) is 2.37. The van der Waals surface area contributed by atoms with E-state index >= 15 is 0 Å². The average molecular weight is 246 g/mol. The van der Waals surface area contributed by atoms with Crippen LogP contribution in [0.3, 0.4) is 0 Å². The fourth-order valence-electron chi connectivity index (χ4n) is 2.81. The highest BCUT2D eigenvalue weighted by Crippen LogP contribution is 2.27. The summed E-state index contributed by atoms with van der Waals surface area (Å²) in [5.74, 6) is 0.0268. The van der Waals surface area contributed by atoms with Crippen LogP contribution in [-0.2, 0) is 11.3 Å². The van der Waals surface area contributed by atoms with Gasteiger partial charge in [-0.2, -0.15) is 0 Å². The van der Waals surface area contributed by atoms with Crippen molar-refractivity contribution in [3.8, 4) is 0 Å². The Morgan fingerprint density at radius 2 is 2.17 bits per heavy atom. The van der Waals surface area contributed by atoms with Crippen LogP contribution in [0.1, 0.15) is 24.1 Å². The molecule has 2 aliphatic rings. The lowest BCUT2D eigenvalue weighted by Crippen LogP contribution is -2.42. The average Bonchev–Trinajstić information content (AvgIpc) is 2.69. The highest BCUT2D eigenvalue weighted by atomic mass is 16.5. The molecule has 0 aromatic carbocycles. The van der Waals surface area contributed by atoms with E-state index in [1.165, 1.54) is 12.8 Å². The van der Waals surface area contributed by atoms with E-state index in [0.29, 0.717) is 17.9 Å². The molecule has 2 saturated heterocycles. The van der Waals surface area contributed by atoms with Crippen LogP contribution >= 0.6 is 0 Å². The third-order valence-electron chi connectivity index (χ3n) is 3.63. The Balaban J connectivity index is 1.69. The number of pyridine rings is 1. The second kappa shape index (κ2) is 4.66. The lowest BCUT2D eigenvalue weighted by Gasteiger charge is -2.32. The molecule has 2 unspecified atom stereocenters. The summed E-state index contributed by atoms with van der Waals surface area (Å²) in [4.78, 5) is 6.50. The van der Waals surface area contributed by atoms with Gasteiger partial charge in [-0.15, -0.1) is 0 Å². The fourth-order valence-corrected chi connectivity index (χ4v) is 2.81. The van der Waals surface area contributed by atoms with Gasteiger partial charge >= 0.3 is 0 Å². The summed E-state index contributed by atoms with van der Waals surface area (Å²) in [5, 5.41) is 7.41. The van der Waals surface area contributed by atoms with Gasteiger partial charge in [0.25, 0.3) is 0 Å². The van der Waals surface area contributed by atoms with Gasteiger partial charge < -0.3 is 10.5 Å². The Morgan fingerprint density at radius 1 is 1.44 bits per heavy atom. The lowest BCUT2D eigenvalue weighted by atomic mass is 10.2. The molecular formula is C13H18N4O. The van der Waals surface area contributed by atoms with Crippen molar-refractivity contribution in [1.82, 2.24) is 9.88 Å². The summed E-state index contributed by atoms with van der Waals surface area (Å²) < 4.78 is 5.82. The van der Waals surface area contributed by atoms with Crippen molar-refractivity contribution in [1.29, 1.82) is 5.41 Å². The van der Waals surface area contributed by atoms with Crippen LogP contribution in [0.4, 0.5) is 0 Å². The molecule has 2 atom stereocenters. The Kier molecular flexibility index (Phi) is 3.01. The first-order valence-electron chi connectivity index (χ1n) is 6.38. The van der Waals surface area contributed by atoms with E-state index in [1.807, 2.05) is 12.1 Å². The van der Waals surface area contributed by atoms with Crippen molar-refractivity contribution in [2.45, 2.75) is 31.6 Å². The maximum atomic E-state index is 7.41. The number of nitrogen functional groups attached to an aromatic ring is 1. The summed E-state index contributed by atoms with van der Waals surface area (Å²) in [6.07, 6.45) is 4.93. The van der Waals surface area contributed by atoms with Gasteiger partial charge in [0, 0.05) is 25.8 Å². The number of rotatable bonds is 3. The highest BCUT2D eigenvalue weighted by Gasteiger charge is 2.33. The van der Waals surface area contributed by atoms with Crippen LogP contribution in [-0.4, -0.2) is 41.0 Å². The molecule has 5 heteroatoms. The van der Waals surface area contributed by atoms with Gasteiger partial charge in [-0.1, -0.05) is 0 Å². The van der Waals surface area contributed by atoms with Gasteiger partial charge in [-0.25, -0.2) is 0 Å². The largest absolute Gasteiger partial charge is 0.382 e. The van der Waals surface area contributed by atoms with Crippen LogP contribution in [0.25, 0.3) is 0 Å². The Bertz CT molecular complexity index is 450. The topological polar surface area (TPSA) is 75.2 Å². The van der Waals surface area contributed by atoms with Crippen LogP contribution in [0.2, 0.25) is 0 Å². The molecule has 0 amide bonds. The molecule has 3 heterocycles. The number of aromatic nitrogens is 1. The van der Waals surface area contributed by atoms with Crippen LogP contribution in [0.15, 0.2) is 18.3 Å². The minimum atomic E-state index is 0.0268. The van der Waals surface area contributed by atoms with E-state index in [9.17, 15) is 0 Å². The third-order valence-corrected chi connectivity index (χ3v) is 3.63. The molecule has 5 nitrogen and oxygen atoms in total. The molecule has 0 spiro atoms. The first-order chi connectivity index (χ1) is 8.70. The molecule has 0 radical (unpaired) electrons. The van der Waals surface area contributed by atoms with Crippen molar-refractivity contribution in [3.05, 3.63) is 29.6 Å². The molecule has 0 aliphatic carbocycles. The van der Waals surface area contributed by atoms with Gasteiger partial charge in [0.1, 0.15) is 11.5 Å². The van der Waals surface area contributed by atoms with E-state index in [2.05, 4.69) is 9.88 Å². The Morgan fingerprint density at radius 3 is 2.83 bits per heavy atom. The Hall–Kier alpha value is -1.46. The molecule has 3 rings (SSSR count). The van der Waals surface area contributed by atoms with Gasteiger partial charge in [0.2, 0.25) is 0 Å². The summed E-state index contributed by atoms with van der Waals surface area (Å²) in [7, 11) is 0. The second-order valence-corrected chi connectivity index (χ2v) is 5.11. The number of morpholine rings is 1. The van der Waals surface area contributed by atoms with Gasteiger partial charge in [0.15, 0.2) is 0 Å². The van der Waals surface area contributed by atoms with E-state index in [0.717, 1.165) is 25.2 Å². The molecule has 2 bridgehead atoms. The number of hydrogen-bond donors (Lipinski definition) is 2. The highest BCUT2D eigenvalue weighted by molar-refractivity contribution is 5.93. The summed E-state index contributed by atoms with van der Waals surface area (Å²) in [5.41, 5.74) is 7.18. The Labute approximate surface area is 106 Å². The number of fused-ring (bicyclic) bond motifs is 2. The zero-order valence-electron chi connectivity index (χ0n) is 10.3. The van der Waals surface area contributed by atoms with E-state index in [-0.39, 0.29) is 5.84 Å². The first kappa shape index (κ1) is 11.6. The standard InChI is InChI=1S/C13H18N4O/c14-13(15)12-5-9(3-4-16-12)6-17-7-10-1-2-11(8-17)18-10/h3-5,10-11H,1-2,6-8H2,(H3,14,15). The molecule has 3 N–H and O–H groups in total. The molecule has 96 valence electrons. The first-order valence-corrected chi connectivity index (χ1v) is 6.38. The van der Waals surface area contributed by atoms with E-state index in [4.69, 9.17) is 15.9 Å². The van der Waals surface area contributed by atoms with Crippen LogP contribution < -0.4 is 5.73 Å². The maximum Gasteiger partial charge on any atom is 0.141 e. The quantitative estimate of drug-likeness (QED) is 0.609. The van der Waals surface area contributed by atoms with Crippen molar-refractivity contribution >= 4 is 5.84 Å². The number of nitrogens with two attached hydrogens (primary N) is 1. The number of likely N-dealkylation sites (tertiary alicyclic amines) is 1. The van der Waals surface area contributed by atoms with E-state index in [1.54, 1.807) is 6.20 Å². The molecule has 1 aromatic heterocycles. The lowest BCUT2D eigenvalue weighted by molar-refractivity contribution is -0.0410. The monoisotopic (exact) mass is 246 g/mol. The fraction of sp³-hybridized carbons (Fsp3) is 0.538. The van der Waals surface area contributed by atoms with Gasteiger partial charge in [0.05, 0.1) is 12.2 Å². The van der Waals surface area contributed by atoms with Gasteiger partial charge in [-0.05, 0) is 30.5 Å². The molecule has 2 fully saturated rings. The number of hydrogen-bond acceptors (Lipinski definition) is 4. The normalized spacial score (nSPS) is 27.3. The minimum Gasteiger partial charge on any atom is -0.382 e. The summed E-state index contributed by atoms with van der Waals surface area (Å²) in [6, 6.07) is 3.89. The minimum absolute atomic E-state index is 0.0268. The summed E-state index contributed by atoms with van der Waals surface area (Å²) >= 11 is 0. The van der Waals surface area contributed by atoms with Crippen molar-refractivity contribution < 1.29 is 4.74 Å². The summed E-state index contributed by atoms with van der Waals surface area (Å²) in [6.45, 7) is 2.90. The molecular weight excluding hydrogens is 228 g/mol. The number of nitrogens with zero attached hydrogens (tertiary/aromatic N) is 2. The molecule has 1 aromatic rings. The van der Waals surface area contributed by atoms with Gasteiger partial charge in [-0.3, -0.25) is 15.3 Å². The molecule has 18 heavy (non-hydrogen) atoms. The van der Waals surface area contributed by atoms with Crippen molar-refractivity contribution in [2.24, 2.45) is 5.73 Å². The zero-order valence-corrected chi connectivity index (χ0v) is 10.3. The molecule has 0 saturated carbocycles. The maximum absolute atomic E-state index is 7.41. The van der Waals surface area contributed by atoms with Crippen molar-refractivity contribution in [2.75, 3.05) is 13.1 Å². The number of nitrogens with one attached hydrogen (secondary N) is 1. The second-order valence-electron chi connectivity index (χ2n) is 5.11. The smallest absolute Gasteiger partial charge is 0.141 e. The van der Waals surface area contributed by atoms with Crippen LogP contribution in [0, 0.1) is 5.41 Å². The predicted octanol–water partition coefficient (Wildman–Crippen LogP) is 0.729. The van der Waals surface area contributed by atoms with E-state index < -0.39 is 0 Å². The SMILES string of the molecule is N=C(N)c1cc(CN2CC3CCC(C2)O3)ccn1. The number of ether oxygens (including phenoxy) is 1. The van der Waals surface area contributed by atoms with Crippen LogP contribution in [0.5, 0.6) is 0 Å².